The molecule has 2 aliphatic rings. The molecule has 6 nitrogen and oxygen atoms in total. The van der Waals surface area contributed by atoms with E-state index < -0.39 is 0 Å². The Morgan fingerprint density at radius 2 is 2.00 bits per heavy atom. The fourth-order valence-corrected chi connectivity index (χ4v) is 2.83. The number of hydrogen-bond acceptors (Lipinski definition) is 5. The van der Waals surface area contributed by atoms with E-state index in [1.54, 1.807) is 13.2 Å². The van der Waals surface area contributed by atoms with Crippen LogP contribution in [0, 0.1) is 0 Å². The van der Waals surface area contributed by atoms with Crippen molar-refractivity contribution in [1.29, 1.82) is 0 Å². The van der Waals surface area contributed by atoms with Crippen LogP contribution in [-0.4, -0.2) is 25.5 Å². The van der Waals surface area contributed by atoms with Crippen molar-refractivity contribution in [3.05, 3.63) is 53.6 Å². The predicted octanol–water partition coefficient (Wildman–Crippen LogP) is 3.23. The van der Waals surface area contributed by atoms with E-state index in [0.717, 1.165) is 11.3 Å². The van der Waals surface area contributed by atoms with Gasteiger partial charge in [0, 0.05) is 0 Å². The Morgan fingerprint density at radius 3 is 2.76 bits per heavy atom. The third kappa shape index (κ3) is 2.61. The van der Waals surface area contributed by atoms with Crippen LogP contribution in [0.1, 0.15) is 12.5 Å². The molecule has 25 heavy (non-hydrogen) atoms. The second kappa shape index (κ2) is 5.98. The minimum absolute atomic E-state index is 0.160. The van der Waals surface area contributed by atoms with Gasteiger partial charge in [-0.1, -0.05) is 18.2 Å². The van der Waals surface area contributed by atoms with Crippen LogP contribution in [-0.2, 0) is 4.79 Å². The van der Waals surface area contributed by atoms with Crippen molar-refractivity contribution >= 4 is 23.4 Å². The zero-order chi connectivity index (χ0) is 17.4. The van der Waals surface area contributed by atoms with E-state index in [4.69, 9.17) is 14.2 Å². The van der Waals surface area contributed by atoms with Crippen LogP contribution >= 0.6 is 0 Å². The van der Waals surface area contributed by atoms with Crippen LogP contribution in [0.25, 0.3) is 6.08 Å². The molecule has 2 heterocycles. The molecule has 2 aliphatic heterocycles. The second-order valence-corrected chi connectivity index (χ2v) is 5.65. The predicted molar refractivity (Wildman–Crippen MR) is 94.1 cm³/mol. The van der Waals surface area contributed by atoms with E-state index >= 15 is 0 Å². The van der Waals surface area contributed by atoms with Crippen LogP contribution < -0.4 is 19.2 Å². The first-order valence-electron chi connectivity index (χ1n) is 7.82. The molecule has 0 bridgehead atoms. The molecule has 0 saturated carbocycles. The topological polar surface area (TPSA) is 60.4 Å². The van der Waals surface area contributed by atoms with Crippen molar-refractivity contribution in [3.8, 4) is 17.2 Å². The first kappa shape index (κ1) is 15.3. The van der Waals surface area contributed by atoms with Crippen molar-refractivity contribution in [2.24, 2.45) is 5.10 Å². The summed E-state index contributed by atoms with van der Waals surface area (Å²) in [5.74, 6) is 1.59. The van der Waals surface area contributed by atoms with Crippen molar-refractivity contribution in [2.75, 3.05) is 18.9 Å². The second-order valence-electron chi connectivity index (χ2n) is 5.65. The molecule has 0 N–H and O–H groups in total. The lowest BCUT2D eigenvalue weighted by Gasteiger charge is -2.11. The first-order valence-corrected chi connectivity index (χ1v) is 7.82. The third-order valence-corrected chi connectivity index (χ3v) is 4.06. The van der Waals surface area contributed by atoms with E-state index in [2.05, 4.69) is 5.10 Å². The monoisotopic (exact) mass is 336 g/mol. The summed E-state index contributed by atoms with van der Waals surface area (Å²) in [6.45, 7) is 1.98. The first-order chi connectivity index (χ1) is 12.2. The molecule has 1 amide bonds. The number of rotatable bonds is 3. The van der Waals surface area contributed by atoms with Gasteiger partial charge in [-0.15, -0.1) is 0 Å². The highest BCUT2D eigenvalue weighted by Crippen LogP contribution is 2.42. The number of carbonyl (C=O) groups excluding carboxylic acids is 1. The van der Waals surface area contributed by atoms with Gasteiger partial charge in [0.25, 0.3) is 5.91 Å². The number of hydrogen-bond donors (Lipinski definition) is 0. The molecule has 126 valence electrons. The number of nitrogens with zero attached hydrogens (tertiary/aromatic N) is 2. The summed E-state index contributed by atoms with van der Waals surface area (Å²) in [7, 11) is 1.57. The Hall–Kier alpha value is -3.28. The Morgan fingerprint density at radius 1 is 1.20 bits per heavy atom. The van der Waals surface area contributed by atoms with Gasteiger partial charge in [-0.3, -0.25) is 4.79 Å². The van der Waals surface area contributed by atoms with Gasteiger partial charge in [-0.05, 0) is 42.8 Å². The van der Waals surface area contributed by atoms with Crippen molar-refractivity contribution in [2.45, 2.75) is 6.92 Å². The fourth-order valence-electron chi connectivity index (χ4n) is 2.83. The molecule has 4 rings (SSSR count). The number of anilines is 1. The minimum atomic E-state index is -0.166. The van der Waals surface area contributed by atoms with Gasteiger partial charge in [-0.2, -0.15) is 10.1 Å². The van der Waals surface area contributed by atoms with Gasteiger partial charge in [-0.25, -0.2) is 0 Å². The zero-order valence-corrected chi connectivity index (χ0v) is 13.9. The maximum Gasteiger partial charge on any atom is 0.280 e. The van der Waals surface area contributed by atoms with E-state index in [9.17, 15) is 4.79 Å². The van der Waals surface area contributed by atoms with Gasteiger partial charge in [0.1, 0.15) is 0 Å². The largest absolute Gasteiger partial charge is 0.493 e. The smallest absolute Gasteiger partial charge is 0.280 e. The number of hydrazone groups is 1. The van der Waals surface area contributed by atoms with Gasteiger partial charge >= 0.3 is 0 Å². The van der Waals surface area contributed by atoms with Crippen molar-refractivity contribution in [1.82, 2.24) is 0 Å². The number of para-hydroxylation sites is 1. The highest BCUT2D eigenvalue weighted by Gasteiger charge is 2.29. The maximum absolute atomic E-state index is 12.8. The molecule has 0 fully saturated rings. The quantitative estimate of drug-likeness (QED) is 0.808. The highest BCUT2D eigenvalue weighted by atomic mass is 16.7. The summed E-state index contributed by atoms with van der Waals surface area (Å²) in [4.78, 5) is 12.8. The number of fused-ring (bicyclic) bond motifs is 1. The Bertz CT molecular complexity index is 903. The molecule has 0 unspecified atom stereocenters. The van der Waals surface area contributed by atoms with Crippen LogP contribution in [0.15, 0.2) is 53.1 Å². The molecular weight excluding hydrogens is 320 g/mol. The molecule has 0 atom stereocenters. The summed E-state index contributed by atoms with van der Waals surface area (Å²) in [5.41, 5.74) is 2.71. The molecule has 6 heteroatoms. The number of carbonyl (C=O) groups is 1. The Kier molecular flexibility index (Phi) is 3.65. The van der Waals surface area contributed by atoms with Crippen molar-refractivity contribution < 1.29 is 19.0 Å². The SMILES string of the molecule is COc1cc(/C=C2\C(=O)N(c3ccccc3)N=C2C)cc2c1OCO2. The van der Waals surface area contributed by atoms with Crippen LogP contribution in [0.4, 0.5) is 5.69 Å². The molecular formula is C19H16N2O4. The van der Waals surface area contributed by atoms with Gasteiger partial charge in [0.2, 0.25) is 12.5 Å². The lowest BCUT2D eigenvalue weighted by Crippen LogP contribution is -2.21. The lowest BCUT2D eigenvalue weighted by molar-refractivity contribution is -0.114. The summed E-state index contributed by atoms with van der Waals surface area (Å²) in [5, 5.41) is 5.79. The zero-order valence-electron chi connectivity index (χ0n) is 13.9. The number of methoxy groups -OCH3 is 1. The van der Waals surface area contributed by atoms with Crippen LogP contribution in [0.2, 0.25) is 0 Å². The lowest BCUT2D eigenvalue weighted by atomic mass is 10.1. The molecule has 0 aliphatic carbocycles. The molecule has 0 saturated heterocycles. The normalized spacial score (nSPS) is 17.2. The molecule has 0 radical (unpaired) electrons. The number of benzene rings is 2. The van der Waals surface area contributed by atoms with E-state index in [-0.39, 0.29) is 12.7 Å². The molecule has 0 spiro atoms. The third-order valence-electron chi connectivity index (χ3n) is 4.06. The summed E-state index contributed by atoms with van der Waals surface area (Å²) < 4.78 is 16.2. The Balaban J connectivity index is 1.71. The fraction of sp³-hybridized carbons (Fsp3) is 0.158. The number of ether oxygens (including phenoxy) is 3. The minimum Gasteiger partial charge on any atom is -0.493 e. The number of amides is 1. The van der Waals surface area contributed by atoms with Crippen LogP contribution in [0.3, 0.4) is 0 Å². The molecule has 2 aromatic rings. The highest BCUT2D eigenvalue weighted by molar-refractivity contribution is 6.32. The van der Waals surface area contributed by atoms with Gasteiger partial charge in [0.05, 0.1) is 24.1 Å². The summed E-state index contributed by atoms with van der Waals surface area (Å²) in [6.07, 6.45) is 1.79. The van der Waals surface area contributed by atoms with Crippen molar-refractivity contribution in [3.63, 3.8) is 0 Å². The van der Waals surface area contributed by atoms with E-state index in [0.29, 0.717) is 28.5 Å². The van der Waals surface area contributed by atoms with Gasteiger partial charge in [0.15, 0.2) is 11.5 Å². The molecule has 2 aromatic carbocycles. The average molecular weight is 336 g/mol. The molecule has 0 aromatic heterocycles. The standard InChI is InChI=1S/C19H16N2O4/c1-12-15(19(22)21(20-12)14-6-4-3-5-7-14)8-13-9-16(23-2)18-17(10-13)24-11-25-18/h3-10H,11H2,1-2H3/b15-8-. The summed E-state index contributed by atoms with van der Waals surface area (Å²) >= 11 is 0. The van der Waals surface area contributed by atoms with Gasteiger partial charge < -0.3 is 14.2 Å². The van der Waals surface area contributed by atoms with Crippen LogP contribution in [0.5, 0.6) is 17.2 Å². The summed E-state index contributed by atoms with van der Waals surface area (Å²) in [6, 6.07) is 13.0. The average Bonchev–Trinajstić information content (AvgIpc) is 3.21. The Labute approximate surface area is 144 Å². The van der Waals surface area contributed by atoms with E-state index in [1.807, 2.05) is 49.4 Å². The van der Waals surface area contributed by atoms with E-state index in [1.165, 1.54) is 5.01 Å². The maximum atomic E-state index is 12.8.